The van der Waals surface area contributed by atoms with Crippen molar-refractivity contribution in [2.45, 2.75) is 37.5 Å². The van der Waals surface area contributed by atoms with E-state index in [1.165, 1.54) is 22.3 Å². The lowest BCUT2D eigenvalue weighted by Gasteiger charge is -2.38. The van der Waals surface area contributed by atoms with Crippen molar-refractivity contribution in [2.24, 2.45) is 0 Å². The van der Waals surface area contributed by atoms with Crippen molar-refractivity contribution in [1.29, 1.82) is 0 Å². The highest BCUT2D eigenvalue weighted by molar-refractivity contribution is 5.47. The van der Waals surface area contributed by atoms with Gasteiger partial charge in [-0.1, -0.05) is 12.1 Å². The van der Waals surface area contributed by atoms with Crippen molar-refractivity contribution >= 4 is 0 Å². The molecule has 0 bridgehead atoms. The summed E-state index contributed by atoms with van der Waals surface area (Å²) < 4.78 is 0. The van der Waals surface area contributed by atoms with Crippen molar-refractivity contribution in [1.82, 2.24) is 0 Å². The molecule has 2 aliphatic rings. The van der Waals surface area contributed by atoms with E-state index in [1.807, 2.05) is 24.3 Å². The van der Waals surface area contributed by atoms with Crippen LogP contribution in [0.25, 0.3) is 0 Å². The molecule has 2 heteroatoms. The summed E-state index contributed by atoms with van der Waals surface area (Å²) in [5.74, 6) is 1.89. The highest BCUT2D eigenvalue weighted by Gasteiger charge is 2.34. The molecule has 0 fully saturated rings. The second kappa shape index (κ2) is 4.27. The molecule has 2 nitrogen and oxygen atoms in total. The summed E-state index contributed by atoms with van der Waals surface area (Å²) in [6, 6.07) is 11.7. The van der Waals surface area contributed by atoms with Crippen LogP contribution >= 0.6 is 0 Å². The van der Waals surface area contributed by atoms with Crippen LogP contribution in [0.2, 0.25) is 0 Å². The summed E-state index contributed by atoms with van der Waals surface area (Å²) in [5, 5.41) is 19.3. The average molecular weight is 266 g/mol. The molecule has 0 radical (unpaired) electrons. The highest BCUT2D eigenvalue weighted by Crippen LogP contribution is 2.49. The molecular weight excluding hydrogens is 248 g/mol. The zero-order valence-electron chi connectivity index (χ0n) is 11.3. The SMILES string of the molecule is Oc1ccc2c(c1)CC[C@@H]1c3ccc(O)cc3CC[C@H]21. The predicted octanol–water partition coefficient (Wildman–Crippen LogP) is 3.86. The third kappa shape index (κ3) is 1.71. The van der Waals surface area contributed by atoms with E-state index in [0.717, 1.165) is 25.7 Å². The minimum absolute atomic E-state index is 0.378. The Kier molecular flexibility index (Phi) is 2.53. The first-order valence-corrected chi connectivity index (χ1v) is 7.36. The predicted molar refractivity (Wildman–Crippen MR) is 78.3 cm³/mol. The van der Waals surface area contributed by atoms with Gasteiger partial charge in [-0.3, -0.25) is 0 Å². The van der Waals surface area contributed by atoms with Gasteiger partial charge in [0.25, 0.3) is 0 Å². The third-order valence-electron chi connectivity index (χ3n) is 4.99. The largest absolute Gasteiger partial charge is 0.508 e. The van der Waals surface area contributed by atoms with Gasteiger partial charge in [-0.15, -0.1) is 0 Å². The number of phenols is 2. The number of rotatable bonds is 0. The Morgan fingerprint density at radius 1 is 0.700 bits per heavy atom. The van der Waals surface area contributed by atoms with Crippen LogP contribution in [-0.4, -0.2) is 10.2 Å². The van der Waals surface area contributed by atoms with E-state index >= 15 is 0 Å². The monoisotopic (exact) mass is 266 g/mol. The molecule has 0 aromatic heterocycles. The van der Waals surface area contributed by atoms with E-state index in [-0.39, 0.29) is 0 Å². The molecule has 0 amide bonds. The standard InChI is InChI=1S/C18H18O2/c19-13-3-7-15-11(9-13)1-5-17-16-8-4-14(20)10-12(16)2-6-18(15)17/h3-4,7-10,17-20H,1-2,5-6H2/t17-,18-/m1/s1. The van der Waals surface area contributed by atoms with Gasteiger partial charge in [0.1, 0.15) is 11.5 Å². The van der Waals surface area contributed by atoms with Crippen LogP contribution < -0.4 is 0 Å². The van der Waals surface area contributed by atoms with Crippen LogP contribution in [0.5, 0.6) is 11.5 Å². The van der Waals surface area contributed by atoms with E-state index in [4.69, 9.17) is 0 Å². The summed E-state index contributed by atoms with van der Waals surface area (Å²) in [6.45, 7) is 0. The molecule has 2 atom stereocenters. The third-order valence-corrected chi connectivity index (χ3v) is 4.99. The Labute approximate surface area is 118 Å². The van der Waals surface area contributed by atoms with E-state index in [1.54, 1.807) is 0 Å². The first-order chi connectivity index (χ1) is 9.72. The smallest absolute Gasteiger partial charge is 0.115 e. The molecule has 0 saturated heterocycles. The number of phenolic OH excluding ortho intramolecular Hbond substituents is 2. The molecule has 102 valence electrons. The minimum Gasteiger partial charge on any atom is -0.508 e. The zero-order chi connectivity index (χ0) is 13.7. The van der Waals surface area contributed by atoms with Gasteiger partial charge in [0.05, 0.1) is 0 Å². The normalized spacial score (nSPS) is 23.6. The lowest BCUT2D eigenvalue weighted by Crippen LogP contribution is -2.24. The van der Waals surface area contributed by atoms with Gasteiger partial charge in [-0.25, -0.2) is 0 Å². The van der Waals surface area contributed by atoms with Crippen LogP contribution in [0.4, 0.5) is 0 Å². The molecule has 2 N–H and O–H groups in total. The molecule has 2 aromatic rings. The fraction of sp³-hybridized carbons (Fsp3) is 0.333. The Morgan fingerprint density at radius 3 is 1.60 bits per heavy atom. The number of hydrogen-bond acceptors (Lipinski definition) is 2. The van der Waals surface area contributed by atoms with E-state index < -0.39 is 0 Å². The van der Waals surface area contributed by atoms with Crippen LogP contribution in [-0.2, 0) is 12.8 Å². The second-order valence-corrected chi connectivity index (χ2v) is 6.06. The molecular formula is C18H18O2. The zero-order valence-corrected chi connectivity index (χ0v) is 11.3. The van der Waals surface area contributed by atoms with Crippen molar-refractivity contribution in [3.05, 3.63) is 58.7 Å². The topological polar surface area (TPSA) is 40.5 Å². The van der Waals surface area contributed by atoms with Gasteiger partial charge in [-0.05, 0) is 84.0 Å². The molecule has 4 rings (SSSR count). The van der Waals surface area contributed by atoms with Gasteiger partial charge in [-0.2, -0.15) is 0 Å². The Morgan fingerprint density at radius 2 is 1.15 bits per heavy atom. The van der Waals surface area contributed by atoms with Crippen molar-refractivity contribution < 1.29 is 10.2 Å². The van der Waals surface area contributed by atoms with Crippen LogP contribution in [0, 0.1) is 0 Å². The minimum atomic E-state index is 0.378. The number of aromatic hydroxyl groups is 2. The summed E-state index contributed by atoms with van der Waals surface area (Å²) in [7, 11) is 0. The highest BCUT2D eigenvalue weighted by atomic mass is 16.3. The molecule has 20 heavy (non-hydrogen) atoms. The molecule has 0 heterocycles. The fourth-order valence-corrected chi connectivity index (χ4v) is 4.11. The maximum atomic E-state index is 9.64. The Balaban J connectivity index is 1.79. The lowest BCUT2D eigenvalue weighted by atomic mass is 9.66. The fourth-order valence-electron chi connectivity index (χ4n) is 4.11. The maximum Gasteiger partial charge on any atom is 0.115 e. The molecule has 0 spiro atoms. The average Bonchev–Trinajstić information content (AvgIpc) is 2.45. The van der Waals surface area contributed by atoms with Crippen molar-refractivity contribution in [3.63, 3.8) is 0 Å². The number of aryl methyl sites for hydroxylation is 2. The first kappa shape index (κ1) is 11.8. The van der Waals surface area contributed by atoms with Gasteiger partial charge < -0.3 is 10.2 Å². The molecule has 2 aliphatic carbocycles. The first-order valence-electron chi connectivity index (χ1n) is 7.36. The second-order valence-electron chi connectivity index (χ2n) is 6.06. The summed E-state index contributed by atoms with van der Waals surface area (Å²) in [5.41, 5.74) is 5.46. The quantitative estimate of drug-likeness (QED) is 0.760. The lowest BCUT2D eigenvalue weighted by molar-refractivity contribution is 0.417. The number of hydrogen-bond donors (Lipinski definition) is 2. The van der Waals surface area contributed by atoms with E-state index in [2.05, 4.69) is 12.1 Å². The van der Waals surface area contributed by atoms with Gasteiger partial charge in [0, 0.05) is 0 Å². The summed E-state index contributed by atoms with van der Waals surface area (Å²) in [6.07, 6.45) is 4.34. The van der Waals surface area contributed by atoms with Gasteiger partial charge >= 0.3 is 0 Å². The van der Waals surface area contributed by atoms with Gasteiger partial charge in [0.15, 0.2) is 0 Å². The van der Waals surface area contributed by atoms with Crippen LogP contribution in [0.1, 0.15) is 46.9 Å². The summed E-state index contributed by atoms with van der Waals surface area (Å²) >= 11 is 0. The molecule has 0 aliphatic heterocycles. The number of fused-ring (bicyclic) bond motifs is 5. The van der Waals surface area contributed by atoms with E-state index in [9.17, 15) is 10.2 Å². The van der Waals surface area contributed by atoms with Crippen molar-refractivity contribution in [3.8, 4) is 11.5 Å². The van der Waals surface area contributed by atoms with Crippen LogP contribution in [0.3, 0.4) is 0 Å². The Hall–Kier alpha value is -1.96. The molecule has 0 unspecified atom stereocenters. The Bertz CT molecular complexity index is 616. The molecule has 0 saturated carbocycles. The molecule has 2 aromatic carbocycles. The summed E-state index contributed by atoms with van der Waals surface area (Å²) in [4.78, 5) is 0. The van der Waals surface area contributed by atoms with Crippen LogP contribution in [0.15, 0.2) is 36.4 Å². The van der Waals surface area contributed by atoms with Gasteiger partial charge in [0.2, 0.25) is 0 Å². The van der Waals surface area contributed by atoms with Crippen molar-refractivity contribution in [2.75, 3.05) is 0 Å². The number of benzene rings is 2. The maximum absolute atomic E-state index is 9.64. The van der Waals surface area contributed by atoms with E-state index in [0.29, 0.717) is 23.3 Å².